The fraction of sp³-hybridized carbons (Fsp3) is 0.562. The van der Waals surface area contributed by atoms with E-state index in [1.165, 1.54) is 0 Å². The molecule has 1 aromatic carbocycles. The Morgan fingerprint density at radius 3 is 2.68 bits per heavy atom. The Bertz CT molecular complexity index is 453. The van der Waals surface area contributed by atoms with E-state index in [-0.39, 0.29) is 24.4 Å². The van der Waals surface area contributed by atoms with E-state index in [0.29, 0.717) is 38.5 Å². The third kappa shape index (κ3) is 5.25. The van der Waals surface area contributed by atoms with E-state index in [4.69, 9.17) is 15.2 Å². The van der Waals surface area contributed by atoms with Crippen molar-refractivity contribution in [1.29, 1.82) is 0 Å². The minimum absolute atomic E-state index is 0. The summed E-state index contributed by atoms with van der Waals surface area (Å²) in [7, 11) is 0. The second kappa shape index (κ2) is 9.79. The maximum absolute atomic E-state index is 12.4. The summed E-state index contributed by atoms with van der Waals surface area (Å²) in [6, 6.07) is 7.49. The van der Waals surface area contributed by atoms with Gasteiger partial charge in [-0.15, -0.1) is 12.4 Å². The number of halogens is 1. The van der Waals surface area contributed by atoms with Crippen LogP contribution in [0.4, 0.5) is 0 Å². The van der Waals surface area contributed by atoms with Crippen LogP contribution in [0.5, 0.6) is 0 Å². The lowest BCUT2D eigenvalue weighted by Crippen LogP contribution is -2.30. The monoisotopic (exact) mass is 328 g/mol. The lowest BCUT2D eigenvalue weighted by molar-refractivity contribution is 0.0120. The predicted molar refractivity (Wildman–Crippen MR) is 88.3 cm³/mol. The summed E-state index contributed by atoms with van der Waals surface area (Å²) in [6.07, 6.45) is 1.01. The van der Waals surface area contributed by atoms with Gasteiger partial charge < -0.3 is 20.1 Å². The van der Waals surface area contributed by atoms with Crippen LogP contribution in [0.2, 0.25) is 0 Å². The van der Waals surface area contributed by atoms with Crippen molar-refractivity contribution in [3.63, 3.8) is 0 Å². The van der Waals surface area contributed by atoms with Crippen molar-refractivity contribution in [1.82, 2.24) is 4.90 Å². The SMILES string of the molecule is CCOCCO[C@H]1CCN(C(=O)c2ccc(CN)cc2)C1.Cl. The molecule has 0 unspecified atom stereocenters. The first-order chi connectivity index (χ1) is 10.2. The quantitative estimate of drug-likeness (QED) is 0.776. The molecule has 0 saturated carbocycles. The van der Waals surface area contributed by atoms with Crippen LogP contribution in [0.3, 0.4) is 0 Å². The number of nitrogens with zero attached hydrogens (tertiary/aromatic N) is 1. The minimum Gasteiger partial charge on any atom is -0.379 e. The first kappa shape index (κ1) is 18.9. The molecule has 1 fully saturated rings. The van der Waals surface area contributed by atoms with Crippen molar-refractivity contribution < 1.29 is 14.3 Å². The van der Waals surface area contributed by atoms with Crippen molar-refractivity contribution in [2.24, 2.45) is 5.73 Å². The average Bonchev–Trinajstić information content (AvgIpc) is 3.00. The second-order valence-electron chi connectivity index (χ2n) is 5.13. The van der Waals surface area contributed by atoms with Gasteiger partial charge in [0, 0.05) is 31.8 Å². The van der Waals surface area contributed by atoms with E-state index in [9.17, 15) is 4.79 Å². The van der Waals surface area contributed by atoms with Crippen molar-refractivity contribution >= 4 is 18.3 Å². The molecule has 0 bridgehead atoms. The molecule has 0 radical (unpaired) electrons. The first-order valence-electron chi connectivity index (χ1n) is 7.52. The van der Waals surface area contributed by atoms with Gasteiger partial charge >= 0.3 is 0 Å². The molecule has 1 heterocycles. The summed E-state index contributed by atoms with van der Waals surface area (Å²) in [5.74, 6) is 0.0643. The lowest BCUT2D eigenvalue weighted by Gasteiger charge is -2.17. The zero-order valence-electron chi connectivity index (χ0n) is 13.0. The van der Waals surface area contributed by atoms with Gasteiger partial charge in [0.25, 0.3) is 5.91 Å². The molecular weight excluding hydrogens is 304 g/mol. The molecule has 1 aromatic rings. The van der Waals surface area contributed by atoms with E-state index in [2.05, 4.69) is 0 Å². The highest BCUT2D eigenvalue weighted by molar-refractivity contribution is 5.94. The Labute approximate surface area is 138 Å². The number of hydrogen-bond donors (Lipinski definition) is 1. The zero-order valence-corrected chi connectivity index (χ0v) is 13.8. The summed E-state index contributed by atoms with van der Waals surface area (Å²) < 4.78 is 11.0. The van der Waals surface area contributed by atoms with E-state index in [1.807, 2.05) is 36.1 Å². The highest BCUT2D eigenvalue weighted by Gasteiger charge is 2.27. The standard InChI is InChI=1S/C16H24N2O3.ClH/c1-2-20-9-10-21-15-7-8-18(12-15)16(19)14-5-3-13(11-17)4-6-14;/h3-6,15H,2,7-12,17H2,1H3;1H/t15-;/m0./s1. The number of benzene rings is 1. The number of ether oxygens (including phenoxy) is 2. The molecule has 0 spiro atoms. The number of carbonyl (C=O) groups is 1. The van der Waals surface area contributed by atoms with Crippen molar-refractivity contribution in [3.05, 3.63) is 35.4 Å². The smallest absolute Gasteiger partial charge is 0.253 e. The minimum atomic E-state index is 0. The number of rotatable bonds is 7. The summed E-state index contributed by atoms with van der Waals surface area (Å²) >= 11 is 0. The Hall–Kier alpha value is -1.14. The van der Waals surface area contributed by atoms with Gasteiger partial charge in [-0.2, -0.15) is 0 Å². The van der Waals surface area contributed by atoms with E-state index in [0.717, 1.165) is 18.5 Å². The number of carbonyl (C=O) groups excluding carboxylic acids is 1. The Morgan fingerprint density at radius 1 is 1.32 bits per heavy atom. The molecule has 1 aliphatic heterocycles. The van der Waals surface area contributed by atoms with Gasteiger partial charge in [0.1, 0.15) is 0 Å². The van der Waals surface area contributed by atoms with E-state index < -0.39 is 0 Å². The summed E-state index contributed by atoms with van der Waals surface area (Å²) in [4.78, 5) is 14.2. The molecule has 1 atom stereocenters. The molecule has 0 aromatic heterocycles. The van der Waals surface area contributed by atoms with Crippen molar-refractivity contribution in [2.45, 2.75) is 26.0 Å². The van der Waals surface area contributed by atoms with Gasteiger partial charge in [-0.05, 0) is 31.0 Å². The van der Waals surface area contributed by atoms with Gasteiger partial charge in [0.05, 0.1) is 19.3 Å². The van der Waals surface area contributed by atoms with Crippen LogP contribution >= 0.6 is 12.4 Å². The molecule has 2 rings (SSSR count). The van der Waals surface area contributed by atoms with Gasteiger partial charge in [0.15, 0.2) is 0 Å². The molecule has 22 heavy (non-hydrogen) atoms. The van der Waals surface area contributed by atoms with Crippen LogP contribution in [0.25, 0.3) is 0 Å². The first-order valence-corrected chi connectivity index (χ1v) is 7.52. The second-order valence-corrected chi connectivity index (χ2v) is 5.13. The molecule has 6 heteroatoms. The van der Waals surface area contributed by atoms with Crippen LogP contribution in [0, 0.1) is 0 Å². The van der Waals surface area contributed by atoms with E-state index in [1.54, 1.807) is 0 Å². The summed E-state index contributed by atoms with van der Waals surface area (Å²) in [6.45, 7) is 5.77. The largest absolute Gasteiger partial charge is 0.379 e. The Kier molecular flexibility index (Phi) is 8.42. The van der Waals surface area contributed by atoms with Crippen LogP contribution in [-0.4, -0.2) is 49.8 Å². The van der Waals surface area contributed by atoms with Crippen molar-refractivity contribution in [2.75, 3.05) is 32.9 Å². The Balaban J connectivity index is 0.00000242. The lowest BCUT2D eigenvalue weighted by atomic mass is 10.1. The van der Waals surface area contributed by atoms with Gasteiger partial charge in [0.2, 0.25) is 0 Å². The van der Waals surface area contributed by atoms with Crippen LogP contribution in [-0.2, 0) is 16.0 Å². The molecule has 124 valence electrons. The number of hydrogen-bond acceptors (Lipinski definition) is 4. The molecule has 1 amide bonds. The normalized spacial score (nSPS) is 17.4. The van der Waals surface area contributed by atoms with Crippen LogP contribution in [0.15, 0.2) is 24.3 Å². The third-order valence-electron chi connectivity index (χ3n) is 3.65. The summed E-state index contributed by atoms with van der Waals surface area (Å²) in [5.41, 5.74) is 7.31. The van der Waals surface area contributed by atoms with E-state index >= 15 is 0 Å². The topological polar surface area (TPSA) is 64.8 Å². The third-order valence-corrected chi connectivity index (χ3v) is 3.65. The summed E-state index contributed by atoms with van der Waals surface area (Å²) in [5, 5.41) is 0. The van der Waals surface area contributed by atoms with Gasteiger partial charge in [-0.25, -0.2) is 0 Å². The molecule has 1 aliphatic rings. The zero-order chi connectivity index (χ0) is 15.1. The number of nitrogens with two attached hydrogens (primary N) is 1. The van der Waals surface area contributed by atoms with Gasteiger partial charge in [-0.3, -0.25) is 4.79 Å². The highest BCUT2D eigenvalue weighted by atomic mass is 35.5. The Morgan fingerprint density at radius 2 is 2.05 bits per heavy atom. The van der Waals surface area contributed by atoms with Crippen LogP contribution in [0.1, 0.15) is 29.3 Å². The fourth-order valence-corrected chi connectivity index (χ4v) is 2.43. The van der Waals surface area contributed by atoms with Crippen molar-refractivity contribution in [3.8, 4) is 0 Å². The highest BCUT2D eigenvalue weighted by Crippen LogP contribution is 2.16. The predicted octanol–water partition coefficient (Wildman–Crippen LogP) is 1.83. The molecule has 2 N–H and O–H groups in total. The maximum atomic E-state index is 12.4. The average molecular weight is 329 g/mol. The van der Waals surface area contributed by atoms with Gasteiger partial charge in [-0.1, -0.05) is 12.1 Å². The molecule has 5 nitrogen and oxygen atoms in total. The fourth-order valence-electron chi connectivity index (χ4n) is 2.43. The molecule has 0 aliphatic carbocycles. The molecular formula is C16H25ClN2O3. The number of amides is 1. The molecule has 1 saturated heterocycles. The maximum Gasteiger partial charge on any atom is 0.253 e. The van der Waals surface area contributed by atoms with Crippen LogP contribution < -0.4 is 5.73 Å². The number of likely N-dealkylation sites (tertiary alicyclic amines) is 1.